The Kier molecular flexibility index (Phi) is 7.28. The number of hydrogen-bond acceptors (Lipinski definition) is 2. The van der Waals surface area contributed by atoms with Crippen LogP contribution in [0.5, 0.6) is 0 Å². The molecule has 2 nitrogen and oxygen atoms in total. The van der Waals surface area contributed by atoms with Crippen LogP contribution in [0.2, 0.25) is 5.15 Å². The highest BCUT2D eigenvalue weighted by atomic mass is 35.5. The van der Waals surface area contributed by atoms with Gasteiger partial charge >= 0.3 is 0 Å². The molecule has 0 fully saturated rings. The van der Waals surface area contributed by atoms with Gasteiger partial charge in [0.05, 0.1) is 6.04 Å². The molecule has 0 saturated heterocycles. The van der Waals surface area contributed by atoms with Gasteiger partial charge in [-0.2, -0.15) is 0 Å². The molecule has 1 unspecified atom stereocenters. The van der Waals surface area contributed by atoms with E-state index in [1.165, 1.54) is 61.6 Å². The van der Waals surface area contributed by atoms with Gasteiger partial charge < -0.3 is 5.32 Å². The van der Waals surface area contributed by atoms with E-state index in [9.17, 15) is 0 Å². The van der Waals surface area contributed by atoms with Crippen LogP contribution in [0.4, 0.5) is 0 Å². The number of hydrogen-bond donors (Lipinski definition) is 1. The van der Waals surface area contributed by atoms with E-state index < -0.39 is 0 Å². The quantitative estimate of drug-likeness (QED) is 0.374. The second-order valence-corrected chi connectivity index (χ2v) is 7.49. The third-order valence-electron chi connectivity index (χ3n) is 5.12. The van der Waals surface area contributed by atoms with Crippen molar-refractivity contribution in [1.82, 2.24) is 10.3 Å². The van der Waals surface area contributed by atoms with Crippen molar-refractivity contribution in [3.63, 3.8) is 0 Å². The maximum atomic E-state index is 5.96. The fourth-order valence-corrected chi connectivity index (χ4v) is 3.78. The number of unbranched alkanes of at least 4 members (excludes halogenated alkanes) is 6. The van der Waals surface area contributed by atoms with E-state index in [0.29, 0.717) is 5.15 Å². The minimum atomic E-state index is 0.245. The van der Waals surface area contributed by atoms with E-state index in [2.05, 4.69) is 53.6 Å². The Bertz CT molecular complexity index is 721. The van der Waals surface area contributed by atoms with Gasteiger partial charge in [0.25, 0.3) is 0 Å². The van der Waals surface area contributed by atoms with E-state index in [1.54, 1.807) is 0 Å². The first-order chi connectivity index (χ1) is 12.8. The third kappa shape index (κ3) is 4.96. The molecule has 1 aliphatic rings. The molecule has 0 saturated carbocycles. The van der Waals surface area contributed by atoms with Gasteiger partial charge in [-0.3, -0.25) is 0 Å². The summed E-state index contributed by atoms with van der Waals surface area (Å²) >= 11 is 5.96. The highest BCUT2D eigenvalue weighted by molar-refractivity contribution is 6.29. The molecule has 1 N–H and O–H groups in total. The van der Waals surface area contributed by atoms with Crippen molar-refractivity contribution >= 4 is 23.3 Å². The van der Waals surface area contributed by atoms with Crippen LogP contribution >= 0.6 is 11.6 Å². The first kappa shape index (κ1) is 19.1. The van der Waals surface area contributed by atoms with Crippen LogP contribution in [-0.4, -0.2) is 11.5 Å². The molecule has 3 heteroatoms. The zero-order valence-corrected chi connectivity index (χ0v) is 16.4. The number of pyridine rings is 1. The normalized spacial score (nSPS) is 15.8. The number of fused-ring (bicyclic) bond motifs is 1. The molecule has 0 radical (unpaired) electrons. The topological polar surface area (TPSA) is 24.9 Å². The van der Waals surface area contributed by atoms with Gasteiger partial charge in [0.2, 0.25) is 0 Å². The molecular formula is C23H29ClN2. The second kappa shape index (κ2) is 9.89. The predicted octanol–water partition coefficient (Wildman–Crippen LogP) is 6.67. The lowest BCUT2D eigenvalue weighted by molar-refractivity contribution is 0.549. The van der Waals surface area contributed by atoms with Crippen LogP contribution in [0.25, 0.3) is 11.6 Å². The number of nitrogens with one attached hydrogen (secondary N) is 1. The highest BCUT2D eigenvalue weighted by Crippen LogP contribution is 2.40. The van der Waals surface area contributed by atoms with Gasteiger partial charge in [0.15, 0.2) is 0 Å². The zero-order chi connectivity index (χ0) is 18.2. The minimum absolute atomic E-state index is 0.245. The van der Waals surface area contributed by atoms with E-state index in [4.69, 9.17) is 11.6 Å². The first-order valence-corrected chi connectivity index (χ1v) is 10.3. The number of rotatable bonds is 10. The summed E-state index contributed by atoms with van der Waals surface area (Å²) in [5.41, 5.74) is 5.09. The average Bonchev–Trinajstić information content (AvgIpc) is 3.03. The summed E-state index contributed by atoms with van der Waals surface area (Å²) in [6.07, 6.45) is 13.5. The monoisotopic (exact) mass is 368 g/mol. The average molecular weight is 369 g/mol. The van der Waals surface area contributed by atoms with Crippen molar-refractivity contribution in [2.45, 2.75) is 57.9 Å². The smallest absolute Gasteiger partial charge is 0.129 e. The standard InChI is InChI=1S/C23H29ClN2/c1-2-3-4-5-6-7-10-15-25-23-20-12-9-8-11-18(20)16-21(23)19-13-14-22(24)26-17-19/h8-9,11-14,16-17,23,25H,2-7,10,15H2,1H3. The van der Waals surface area contributed by atoms with Crippen LogP contribution in [0.1, 0.15) is 74.6 Å². The van der Waals surface area contributed by atoms with Gasteiger partial charge in [-0.05, 0) is 47.4 Å². The van der Waals surface area contributed by atoms with Crippen LogP contribution < -0.4 is 5.32 Å². The van der Waals surface area contributed by atoms with Crippen molar-refractivity contribution in [3.8, 4) is 0 Å². The van der Waals surface area contributed by atoms with Gasteiger partial charge in [-0.15, -0.1) is 0 Å². The summed E-state index contributed by atoms with van der Waals surface area (Å²) < 4.78 is 0. The molecule has 0 aliphatic heterocycles. The third-order valence-corrected chi connectivity index (χ3v) is 5.34. The Labute approximate surface area is 162 Å². The van der Waals surface area contributed by atoms with Crippen LogP contribution in [0.15, 0.2) is 42.6 Å². The molecule has 0 spiro atoms. The molecule has 0 bridgehead atoms. The van der Waals surface area contributed by atoms with Crippen molar-refractivity contribution < 1.29 is 0 Å². The molecule has 138 valence electrons. The maximum Gasteiger partial charge on any atom is 0.129 e. The number of nitrogens with zero attached hydrogens (tertiary/aromatic N) is 1. The van der Waals surface area contributed by atoms with E-state index in [-0.39, 0.29) is 6.04 Å². The summed E-state index contributed by atoms with van der Waals surface area (Å²) in [6.45, 7) is 3.32. The number of aromatic nitrogens is 1. The lowest BCUT2D eigenvalue weighted by Crippen LogP contribution is -2.22. The van der Waals surface area contributed by atoms with Crippen LogP contribution in [0.3, 0.4) is 0 Å². The van der Waals surface area contributed by atoms with E-state index in [1.807, 2.05) is 12.3 Å². The number of benzene rings is 1. The first-order valence-electron chi connectivity index (χ1n) is 9.95. The van der Waals surface area contributed by atoms with Gasteiger partial charge in [0, 0.05) is 6.20 Å². The molecule has 1 aromatic heterocycles. The van der Waals surface area contributed by atoms with Gasteiger partial charge in [-0.25, -0.2) is 4.98 Å². The molecule has 26 heavy (non-hydrogen) atoms. The summed E-state index contributed by atoms with van der Waals surface area (Å²) in [5, 5.41) is 4.31. The summed E-state index contributed by atoms with van der Waals surface area (Å²) in [4.78, 5) is 4.26. The van der Waals surface area contributed by atoms with Crippen molar-refractivity contribution in [2.24, 2.45) is 0 Å². The molecule has 0 amide bonds. The zero-order valence-electron chi connectivity index (χ0n) is 15.7. The molecule has 1 atom stereocenters. The molecule has 2 aromatic rings. The molecule has 3 rings (SSSR count). The Hall–Kier alpha value is -1.64. The molecule has 1 aromatic carbocycles. The Morgan fingerprint density at radius 1 is 0.962 bits per heavy atom. The summed E-state index contributed by atoms with van der Waals surface area (Å²) in [7, 11) is 0. The molecule has 1 heterocycles. The Morgan fingerprint density at radius 2 is 1.73 bits per heavy atom. The van der Waals surface area contributed by atoms with Crippen LogP contribution in [0, 0.1) is 0 Å². The van der Waals surface area contributed by atoms with Crippen LogP contribution in [-0.2, 0) is 0 Å². The SMILES string of the molecule is CCCCCCCCCNC1C(c2ccc(Cl)nc2)=Cc2ccccc21. The van der Waals surface area contributed by atoms with Gasteiger partial charge in [-0.1, -0.05) is 87.4 Å². The molecule has 1 aliphatic carbocycles. The fourth-order valence-electron chi connectivity index (χ4n) is 3.67. The van der Waals surface area contributed by atoms with E-state index >= 15 is 0 Å². The minimum Gasteiger partial charge on any atom is -0.306 e. The Balaban J connectivity index is 1.58. The van der Waals surface area contributed by atoms with E-state index in [0.717, 1.165) is 12.1 Å². The number of halogens is 1. The maximum absolute atomic E-state index is 5.96. The largest absolute Gasteiger partial charge is 0.306 e. The fraction of sp³-hybridized carbons (Fsp3) is 0.435. The highest BCUT2D eigenvalue weighted by Gasteiger charge is 2.25. The van der Waals surface area contributed by atoms with Crippen molar-refractivity contribution in [1.29, 1.82) is 0 Å². The molecular weight excluding hydrogens is 340 g/mol. The van der Waals surface area contributed by atoms with Crippen molar-refractivity contribution in [2.75, 3.05) is 6.54 Å². The predicted molar refractivity (Wildman–Crippen MR) is 112 cm³/mol. The van der Waals surface area contributed by atoms with Crippen molar-refractivity contribution in [3.05, 3.63) is 64.4 Å². The lowest BCUT2D eigenvalue weighted by Gasteiger charge is -2.19. The summed E-state index contributed by atoms with van der Waals surface area (Å²) in [6, 6.07) is 12.8. The lowest BCUT2D eigenvalue weighted by atomic mass is 9.99. The Morgan fingerprint density at radius 3 is 2.50 bits per heavy atom. The summed E-state index contributed by atoms with van der Waals surface area (Å²) in [5.74, 6) is 0. The second-order valence-electron chi connectivity index (χ2n) is 7.11. The van der Waals surface area contributed by atoms with Gasteiger partial charge in [0.1, 0.15) is 5.15 Å².